The lowest BCUT2D eigenvalue weighted by Gasteiger charge is -2.24. The van der Waals surface area contributed by atoms with Crippen LogP contribution in [0.3, 0.4) is 0 Å². The Labute approximate surface area is 111 Å². The minimum atomic E-state index is -1.15. The van der Waals surface area contributed by atoms with Crippen LogP contribution in [0.15, 0.2) is 18.5 Å². The van der Waals surface area contributed by atoms with Crippen LogP contribution in [-0.4, -0.2) is 29.6 Å². The molecule has 0 saturated carbocycles. The van der Waals surface area contributed by atoms with Gasteiger partial charge in [-0.05, 0) is 0 Å². The third-order valence-electron chi connectivity index (χ3n) is 2.33. The van der Waals surface area contributed by atoms with E-state index < -0.39 is 17.6 Å². The van der Waals surface area contributed by atoms with Gasteiger partial charge >= 0.3 is 0 Å². The summed E-state index contributed by atoms with van der Waals surface area (Å²) in [7, 11) is 1.41. The molecule has 0 fully saturated rings. The smallest absolute Gasteiger partial charge is 0.281 e. The quantitative estimate of drug-likeness (QED) is 0.316. The molecular weight excluding hydrogens is 252 g/mol. The summed E-state index contributed by atoms with van der Waals surface area (Å²) in [5, 5.41) is 19.0. The molecule has 0 bridgehead atoms. The van der Waals surface area contributed by atoms with Gasteiger partial charge in [0, 0.05) is 16.2 Å². The fourth-order valence-corrected chi connectivity index (χ4v) is 1.12. The van der Waals surface area contributed by atoms with E-state index >= 15 is 0 Å². The van der Waals surface area contributed by atoms with Crippen LogP contribution < -0.4 is 14.9 Å². The summed E-state index contributed by atoms with van der Waals surface area (Å²) in [6.07, 6.45) is 1.33. The third kappa shape index (κ3) is 4.38. The summed E-state index contributed by atoms with van der Waals surface area (Å²) in [5.74, 6) is -0.295. The molecular formula is C12H19N2O5+. The highest BCUT2D eigenvalue weighted by atomic mass is 16.7. The van der Waals surface area contributed by atoms with E-state index in [1.165, 1.54) is 25.6 Å². The highest BCUT2D eigenvalue weighted by Gasteiger charge is 2.24. The van der Waals surface area contributed by atoms with Crippen molar-refractivity contribution in [3.63, 3.8) is 0 Å². The van der Waals surface area contributed by atoms with Gasteiger partial charge in [-0.25, -0.2) is 10.3 Å². The summed E-state index contributed by atoms with van der Waals surface area (Å²) in [6.45, 7) is 5.28. The lowest BCUT2D eigenvalue weighted by Crippen LogP contribution is -2.38. The van der Waals surface area contributed by atoms with Gasteiger partial charge in [0.2, 0.25) is 6.20 Å². The second-order valence-corrected chi connectivity index (χ2v) is 5.11. The van der Waals surface area contributed by atoms with Crippen LogP contribution >= 0.6 is 0 Å². The molecule has 1 aromatic rings. The number of pyridine rings is 1. The number of carbonyl (C=O) groups excluding carboxylic acids is 1. The van der Waals surface area contributed by atoms with Crippen molar-refractivity contribution in [1.29, 1.82) is 0 Å². The van der Waals surface area contributed by atoms with E-state index in [2.05, 4.69) is 5.48 Å². The lowest BCUT2D eigenvalue weighted by atomic mass is 9.96. The van der Waals surface area contributed by atoms with E-state index in [0.717, 1.165) is 0 Å². The highest BCUT2D eigenvalue weighted by Crippen LogP contribution is 2.19. The second-order valence-electron chi connectivity index (χ2n) is 5.11. The molecule has 1 aromatic heterocycles. The van der Waals surface area contributed by atoms with E-state index in [9.17, 15) is 15.1 Å². The van der Waals surface area contributed by atoms with E-state index in [0.29, 0.717) is 10.5 Å². The van der Waals surface area contributed by atoms with Crippen molar-refractivity contribution in [3.8, 4) is 5.75 Å². The molecule has 0 aromatic carbocycles. The Morgan fingerprint density at radius 3 is 2.58 bits per heavy atom. The van der Waals surface area contributed by atoms with Gasteiger partial charge in [-0.15, -0.1) is 0 Å². The molecule has 0 radical (unpaired) electrons. The van der Waals surface area contributed by atoms with Gasteiger partial charge < -0.3 is 9.84 Å². The first-order valence-corrected chi connectivity index (χ1v) is 5.67. The number of ether oxygens (including phenoxy) is 1. The molecule has 0 aliphatic rings. The first kappa shape index (κ1) is 15.2. The lowest BCUT2D eigenvalue weighted by molar-refractivity contribution is -0.905. The van der Waals surface area contributed by atoms with Crippen molar-refractivity contribution in [3.05, 3.63) is 24.0 Å². The number of amides is 1. The molecule has 1 unspecified atom stereocenters. The zero-order valence-corrected chi connectivity index (χ0v) is 11.4. The van der Waals surface area contributed by atoms with Gasteiger partial charge in [-0.1, -0.05) is 20.8 Å². The van der Waals surface area contributed by atoms with E-state index in [1.807, 2.05) is 0 Å². The van der Waals surface area contributed by atoms with Crippen molar-refractivity contribution in [2.45, 2.75) is 27.1 Å². The van der Waals surface area contributed by atoms with Crippen LogP contribution in [0, 0.1) is 5.41 Å². The molecule has 0 aliphatic carbocycles. The standard InChI is InChI=1S/C12H18N2O5/c1-12(2,3)11(16)19-13-10(15)8-5-9(18-4)7-14(17)6-8/h5-7,11,16H,1-4H3,(H-,13,15,17)/p+1. The number of aliphatic hydroxyl groups excluding tert-OH is 1. The molecule has 1 rings (SSSR count). The maximum Gasteiger partial charge on any atom is 0.281 e. The molecule has 7 nitrogen and oxygen atoms in total. The molecule has 0 aliphatic heterocycles. The van der Waals surface area contributed by atoms with Crippen LogP contribution in [0.2, 0.25) is 0 Å². The number of methoxy groups -OCH3 is 1. The minimum Gasteiger partial charge on any atom is -0.491 e. The number of rotatable bonds is 4. The topological polar surface area (TPSA) is 91.9 Å². The molecule has 0 spiro atoms. The Kier molecular flexibility index (Phi) is 4.68. The highest BCUT2D eigenvalue weighted by molar-refractivity contribution is 5.93. The summed E-state index contributed by atoms with van der Waals surface area (Å²) in [6, 6.07) is 1.43. The van der Waals surface area contributed by atoms with E-state index in [1.54, 1.807) is 20.8 Å². The number of nitrogens with one attached hydrogen (secondary N) is 1. The van der Waals surface area contributed by atoms with Crippen molar-refractivity contribution in [1.82, 2.24) is 5.48 Å². The normalized spacial score (nSPS) is 12.9. The number of hydrogen-bond acceptors (Lipinski definition) is 5. The van der Waals surface area contributed by atoms with Gasteiger partial charge in [0.05, 0.1) is 7.11 Å². The Morgan fingerprint density at radius 1 is 1.42 bits per heavy atom. The minimum absolute atomic E-state index is 0.128. The van der Waals surface area contributed by atoms with Gasteiger partial charge in [-0.3, -0.25) is 10.0 Å². The average molecular weight is 271 g/mol. The molecule has 0 saturated heterocycles. The number of aromatic nitrogens is 1. The largest absolute Gasteiger partial charge is 0.491 e. The van der Waals surface area contributed by atoms with Gasteiger partial charge in [0.15, 0.2) is 12.0 Å². The monoisotopic (exact) mass is 271 g/mol. The number of nitrogens with zero attached hydrogens (tertiary/aromatic N) is 1. The summed E-state index contributed by atoms with van der Waals surface area (Å²) >= 11 is 0. The van der Waals surface area contributed by atoms with Gasteiger partial charge in [0.1, 0.15) is 5.56 Å². The predicted molar refractivity (Wildman–Crippen MR) is 64.4 cm³/mol. The van der Waals surface area contributed by atoms with Crippen molar-refractivity contribution in [2.75, 3.05) is 7.11 Å². The maximum atomic E-state index is 11.8. The van der Waals surface area contributed by atoms with Crippen LogP contribution in [-0.2, 0) is 4.84 Å². The number of carbonyl (C=O) groups is 1. The molecule has 1 heterocycles. The first-order chi connectivity index (χ1) is 8.74. The molecule has 106 valence electrons. The van der Waals surface area contributed by atoms with Gasteiger partial charge in [-0.2, -0.15) is 0 Å². The van der Waals surface area contributed by atoms with Crippen molar-refractivity contribution < 1.29 is 29.4 Å². The Balaban J connectivity index is 2.71. The molecule has 3 N–H and O–H groups in total. The summed E-state index contributed by atoms with van der Waals surface area (Å²) in [4.78, 5) is 16.6. The predicted octanol–water partition coefficient (Wildman–Crippen LogP) is 0.246. The SMILES string of the molecule is COc1cc(C(=O)NOC(O)C(C)(C)C)c[n+](O)c1. The molecule has 1 atom stereocenters. The zero-order valence-electron chi connectivity index (χ0n) is 11.4. The maximum absolute atomic E-state index is 11.8. The van der Waals surface area contributed by atoms with Gasteiger partial charge in [0.25, 0.3) is 12.1 Å². The van der Waals surface area contributed by atoms with Crippen LogP contribution in [0.25, 0.3) is 0 Å². The number of hydroxylamine groups is 1. The fraction of sp³-hybridized carbons (Fsp3) is 0.500. The Bertz CT molecular complexity index is 456. The summed E-state index contributed by atoms with van der Waals surface area (Å²) < 4.78 is 5.62. The molecule has 7 heteroatoms. The number of hydrogen-bond donors (Lipinski definition) is 3. The Hall–Kier alpha value is -1.86. The third-order valence-corrected chi connectivity index (χ3v) is 2.33. The fourth-order valence-electron chi connectivity index (χ4n) is 1.12. The van der Waals surface area contributed by atoms with Crippen LogP contribution in [0.5, 0.6) is 5.75 Å². The number of aliphatic hydroxyl groups is 1. The molecule has 19 heavy (non-hydrogen) atoms. The Morgan fingerprint density at radius 2 is 2.05 bits per heavy atom. The van der Waals surface area contributed by atoms with Crippen LogP contribution in [0.4, 0.5) is 0 Å². The van der Waals surface area contributed by atoms with Crippen LogP contribution in [0.1, 0.15) is 31.1 Å². The molecule has 1 amide bonds. The van der Waals surface area contributed by atoms with Crippen molar-refractivity contribution in [2.24, 2.45) is 5.41 Å². The summed E-state index contributed by atoms with van der Waals surface area (Å²) in [5.41, 5.74) is 1.71. The average Bonchev–Trinajstić information content (AvgIpc) is 2.33. The van der Waals surface area contributed by atoms with E-state index in [-0.39, 0.29) is 5.56 Å². The first-order valence-electron chi connectivity index (χ1n) is 5.67. The zero-order chi connectivity index (χ0) is 14.6. The second kappa shape index (κ2) is 5.85. The van der Waals surface area contributed by atoms with Crippen molar-refractivity contribution >= 4 is 5.91 Å². The van der Waals surface area contributed by atoms with E-state index in [4.69, 9.17) is 9.57 Å².